The molecule has 9 nitrogen and oxygen atoms in total. The summed E-state index contributed by atoms with van der Waals surface area (Å²) in [5, 5.41) is 11.8. The van der Waals surface area contributed by atoms with Crippen molar-refractivity contribution >= 4 is 17.9 Å². The first-order chi connectivity index (χ1) is 43.6. The molecule has 0 radical (unpaired) electrons. The summed E-state index contributed by atoms with van der Waals surface area (Å²) in [4.78, 5) is 37.6. The van der Waals surface area contributed by atoms with E-state index in [-0.39, 0.29) is 32.2 Å². The van der Waals surface area contributed by atoms with Gasteiger partial charge in [-0.25, -0.2) is 0 Å². The lowest BCUT2D eigenvalue weighted by atomic mass is 10.0. The molecule has 0 aliphatic rings. The molecule has 0 spiro atoms. The van der Waals surface area contributed by atoms with Crippen molar-refractivity contribution in [3.8, 4) is 0 Å². The van der Waals surface area contributed by atoms with Crippen LogP contribution in [0.1, 0.15) is 386 Å². The number of unbranched alkanes of at least 4 members (excludes halogenated alkanes) is 50. The Morgan fingerprint density at radius 2 is 0.607 bits per heavy atom. The Bertz CT molecular complexity index is 1600. The van der Waals surface area contributed by atoms with Crippen molar-refractivity contribution in [3.63, 3.8) is 0 Å². The van der Waals surface area contributed by atoms with Gasteiger partial charge in [-0.1, -0.05) is 345 Å². The number of carbonyl (C=O) groups excluding carboxylic acids is 3. The maximum Gasteiger partial charge on any atom is 0.306 e. The van der Waals surface area contributed by atoms with Gasteiger partial charge in [0.15, 0.2) is 12.4 Å². The van der Waals surface area contributed by atoms with Crippen LogP contribution in [0.3, 0.4) is 0 Å². The van der Waals surface area contributed by atoms with Crippen LogP contribution in [0.5, 0.6) is 0 Å². The Labute approximate surface area is 553 Å². The van der Waals surface area contributed by atoms with Gasteiger partial charge in [-0.3, -0.25) is 9.59 Å². The molecular formula is C80H149NO8. The number of ether oxygens (including phenoxy) is 4. The topological polar surface area (TPSA) is 111 Å². The largest absolute Gasteiger partial charge is 0.545 e. The average molecular weight is 1250 g/mol. The van der Waals surface area contributed by atoms with Crippen molar-refractivity contribution in [2.75, 3.05) is 47.5 Å². The van der Waals surface area contributed by atoms with Crippen molar-refractivity contribution in [3.05, 3.63) is 48.6 Å². The van der Waals surface area contributed by atoms with E-state index in [0.29, 0.717) is 17.4 Å². The van der Waals surface area contributed by atoms with Crippen molar-refractivity contribution in [1.29, 1.82) is 0 Å². The first kappa shape index (κ1) is 86.2. The maximum absolute atomic E-state index is 13.0. The van der Waals surface area contributed by atoms with E-state index in [1.165, 1.54) is 308 Å². The number of aliphatic carboxylic acids is 1. The van der Waals surface area contributed by atoms with E-state index < -0.39 is 24.3 Å². The minimum Gasteiger partial charge on any atom is -0.545 e. The third-order valence-electron chi connectivity index (χ3n) is 17.5. The number of carbonyl (C=O) groups is 3. The van der Waals surface area contributed by atoms with Crippen LogP contribution in [0, 0.1) is 0 Å². The summed E-state index contributed by atoms with van der Waals surface area (Å²) >= 11 is 0. The molecule has 2 unspecified atom stereocenters. The van der Waals surface area contributed by atoms with Crippen molar-refractivity contribution in [1.82, 2.24) is 0 Å². The Kier molecular flexibility index (Phi) is 68.9. The summed E-state index contributed by atoms with van der Waals surface area (Å²) in [5.41, 5.74) is 0. The fourth-order valence-electron chi connectivity index (χ4n) is 11.6. The lowest BCUT2D eigenvalue weighted by Gasteiger charge is -2.26. The number of carboxylic acid groups (broad SMARTS) is 1. The molecule has 0 rings (SSSR count). The van der Waals surface area contributed by atoms with E-state index in [4.69, 9.17) is 18.9 Å². The van der Waals surface area contributed by atoms with Gasteiger partial charge in [0, 0.05) is 12.8 Å². The molecule has 0 fully saturated rings. The number of hydrogen-bond donors (Lipinski definition) is 0. The van der Waals surface area contributed by atoms with Crippen molar-refractivity contribution < 1.29 is 42.9 Å². The van der Waals surface area contributed by atoms with Crippen LogP contribution in [-0.4, -0.2) is 82.3 Å². The molecule has 89 heavy (non-hydrogen) atoms. The Morgan fingerprint density at radius 3 is 0.910 bits per heavy atom. The summed E-state index contributed by atoms with van der Waals surface area (Å²) in [6.07, 6.45) is 89.4. The van der Waals surface area contributed by atoms with Crippen LogP contribution >= 0.6 is 0 Å². The molecule has 0 aromatic carbocycles. The predicted molar refractivity (Wildman–Crippen MR) is 380 cm³/mol. The fraction of sp³-hybridized carbons (Fsp3) is 0.863. The molecule has 2 atom stereocenters. The van der Waals surface area contributed by atoms with E-state index in [2.05, 4.69) is 62.5 Å². The van der Waals surface area contributed by atoms with Gasteiger partial charge >= 0.3 is 11.9 Å². The number of nitrogens with zero attached hydrogens (tertiary/aromatic N) is 1. The highest BCUT2D eigenvalue weighted by Crippen LogP contribution is 2.19. The van der Waals surface area contributed by atoms with Crippen LogP contribution < -0.4 is 5.11 Å². The smallest absolute Gasteiger partial charge is 0.306 e. The number of quaternary nitrogens is 1. The molecule has 0 aromatic heterocycles. The normalized spacial score (nSPS) is 12.9. The second kappa shape index (κ2) is 71.1. The number of likely N-dealkylation sites (N-methyl/N-ethyl adjacent to an activating group) is 1. The van der Waals surface area contributed by atoms with E-state index in [1.807, 2.05) is 21.1 Å². The molecule has 0 heterocycles. The van der Waals surface area contributed by atoms with E-state index in [0.717, 1.165) is 51.4 Å². The second-order valence-electron chi connectivity index (χ2n) is 27.6. The third kappa shape index (κ3) is 72.5. The molecule has 0 aliphatic heterocycles. The lowest BCUT2D eigenvalue weighted by molar-refractivity contribution is -0.870. The van der Waals surface area contributed by atoms with E-state index in [1.54, 1.807) is 0 Å². The van der Waals surface area contributed by atoms with Crippen LogP contribution in [0.2, 0.25) is 0 Å². The van der Waals surface area contributed by atoms with Crippen LogP contribution in [0.25, 0.3) is 0 Å². The van der Waals surface area contributed by atoms with Crippen LogP contribution in [-0.2, 0) is 33.3 Å². The molecule has 0 amide bonds. The van der Waals surface area contributed by atoms with E-state index in [9.17, 15) is 19.5 Å². The Balaban J connectivity index is 3.99. The van der Waals surface area contributed by atoms with Gasteiger partial charge in [0.1, 0.15) is 13.2 Å². The molecular weight excluding hydrogens is 1100 g/mol. The van der Waals surface area contributed by atoms with Crippen LogP contribution in [0.15, 0.2) is 48.6 Å². The van der Waals surface area contributed by atoms with Gasteiger partial charge in [-0.2, -0.15) is 0 Å². The highest BCUT2D eigenvalue weighted by molar-refractivity contribution is 5.70. The minimum atomic E-state index is -1.62. The highest BCUT2D eigenvalue weighted by Gasteiger charge is 2.22. The molecule has 0 saturated heterocycles. The molecule has 0 aliphatic carbocycles. The molecule has 0 aromatic rings. The second-order valence-corrected chi connectivity index (χ2v) is 27.6. The predicted octanol–water partition coefficient (Wildman–Crippen LogP) is 23.1. The quantitative estimate of drug-likeness (QED) is 0.0195. The number of hydrogen-bond acceptors (Lipinski definition) is 8. The maximum atomic E-state index is 13.0. The molecule has 0 bridgehead atoms. The zero-order valence-corrected chi connectivity index (χ0v) is 59.8. The summed E-state index contributed by atoms with van der Waals surface area (Å²) in [5.74, 6) is -2.25. The van der Waals surface area contributed by atoms with Gasteiger partial charge in [0.05, 0.1) is 40.3 Å². The average Bonchev–Trinajstić information content (AvgIpc) is 3.70. The standard InChI is InChI=1S/C80H149NO8/c1-6-8-10-12-14-16-18-20-22-24-26-28-30-32-34-35-36-37-38-39-40-41-42-43-45-47-49-51-53-55-57-59-61-63-65-67-69-71-78(83)89-76(75-88-80(79(84)85)86-73-72-81(3,4)5)74-87-77(82)70-68-66-64-62-60-58-56-54-52-50-48-46-44-33-31-29-27-25-23-21-19-17-15-13-11-9-7-2/h18,20,24-27,30,32,76,80H,6-17,19,21-23,28-29,31,33-75H2,1-5H3/b20-18-,26-24-,27-25-,32-30-. The molecule has 0 saturated carbocycles. The fourth-order valence-corrected chi connectivity index (χ4v) is 11.6. The Hall–Kier alpha value is -2.75. The lowest BCUT2D eigenvalue weighted by Crippen LogP contribution is -2.44. The number of rotatable bonds is 73. The molecule has 522 valence electrons. The SMILES string of the molecule is CCCCCCC/C=C\C/C=C\C/C=C\CCCCCCCCCCCCCCCCCCCCCCCCC(=O)OC(COC(=O)CCCCCCCCCCCCCCCCC/C=C\CCCCCCCCCC)COC(OCC[N+](C)(C)C)C(=O)[O-]. The first-order valence-electron chi connectivity index (χ1n) is 38.8. The summed E-state index contributed by atoms with van der Waals surface area (Å²) in [6.45, 7) is 4.80. The zero-order chi connectivity index (χ0) is 64.7. The zero-order valence-electron chi connectivity index (χ0n) is 59.8. The minimum absolute atomic E-state index is 0.150. The van der Waals surface area contributed by atoms with E-state index >= 15 is 0 Å². The summed E-state index contributed by atoms with van der Waals surface area (Å²) in [6, 6.07) is 0. The summed E-state index contributed by atoms with van der Waals surface area (Å²) in [7, 11) is 5.95. The van der Waals surface area contributed by atoms with Gasteiger partial charge < -0.3 is 33.3 Å². The number of esters is 2. The van der Waals surface area contributed by atoms with Gasteiger partial charge in [0.25, 0.3) is 0 Å². The monoisotopic (exact) mass is 1250 g/mol. The third-order valence-corrected chi connectivity index (χ3v) is 17.5. The highest BCUT2D eigenvalue weighted by atomic mass is 16.7. The Morgan fingerprint density at radius 1 is 0.337 bits per heavy atom. The van der Waals surface area contributed by atoms with Crippen molar-refractivity contribution in [2.24, 2.45) is 0 Å². The molecule has 0 N–H and O–H groups in total. The van der Waals surface area contributed by atoms with Gasteiger partial charge in [-0.05, 0) is 77.0 Å². The molecule has 9 heteroatoms. The van der Waals surface area contributed by atoms with Gasteiger partial charge in [0.2, 0.25) is 0 Å². The number of allylic oxidation sites excluding steroid dienone is 8. The first-order valence-corrected chi connectivity index (χ1v) is 38.8. The van der Waals surface area contributed by atoms with Gasteiger partial charge in [-0.15, -0.1) is 0 Å². The van der Waals surface area contributed by atoms with Crippen molar-refractivity contribution in [2.45, 2.75) is 399 Å². The number of carboxylic acids is 1. The van der Waals surface area contributed by atoms with Crippen LogP contribution in [0.4, 0.5) is 0 Å². The summed E-state index contributed by atoms with van der Waals surface area (Å²) < 4.78 is 22.9.